The lowest BCUT2D eigenvalue weighted by molar-refractivity contribution is 0.102. The molecule has 0 fully saturated rings. The SMILES string of the molecule is COc1cc(-c2[nH]c(=O)[nH]c2C(=O)Nc2ccc(C)cc2)cc(OC)c1OC. The lowest BCUT2D eigenvalue weighted by Crippen LogP contribution is -2.14. The van der Waals surface area contributed by atoms with Gasteiger partial charge >= 0.3 is 5.69 Å². The van der Waals surface area contributed by atoms with Crippen molar-refractivity contribution in [3.8, 4) is 28.5 Å². The third kappa shape index (κ3) is 3.71. The lowest BCUT2D eigenvalue weighted by atomic mass is 10.1. The van der Waals surface area contributed by atoms with Crippen LogP contribution in [0, 0.1) is 6.92 Å². The number of aromatic nitrogens is 2. The lowest BCUT2D eigenvalue weighted by Gasteiger charge is -2.14. The standard InChI is InChI=1S/C20H21N3O5/c1-11-5-7-13(8-6-11)21-19(24)17-16(22-20(25)23-17)12-9-14(26-2)18(28-4)15(10-12)27-3/h5-10H,1-4H3,(H,21,24)(H2,22,23,25). The summed E-state index contributed by atoms with van der Waals surface area (Å²) in [4.78, 5) is 29.9. The van der Waals surface area contributed by atoms with Gasteiger partial charge in [-0.05, 0) is 31.2 Å². The minimum Gasteiger partial charge on any atom is -0.493 e. The number of methoxy groups -OCH3 is 3. The second kappa shape index (κ2) is 7.91. The van der Waals surface area contributed by atoms with Gasteiger partial charge in [-0.15, -0.1) is 0 Å². The fraction of sp³-hybridized carbons (Fsp3) is 0.200. The molecule has 2 aromatic carbocycles. The van der Waals surface area contributed by atoms with Crippen molar-refractivity contribution in [2.24, 2.45) is 0 Å². The maximum atomic E-state index is 12.8. The normalized spacial score (nSPS) is 10.4. The Morgan fingerprint density at radius 2 is 1.54 bits per heavy atom. The van der Waals surface area contributed by atoms with Gasteiger partial charge in [0.05, 0.1) is 27.0 Å². The first-order chi connectivity index (χ1) is 13.5. The first kappa shape index (κ1) is 19.1. The van der Waals surface area contributed by atoms with Crippen molar-refractivity contribution in [1.82, 2.24) is 9.97 Å². The second-order valence-corrected chi connectivity index (χ2v) is 6.06. The van der Waals surface area contributed by atoms with Crippen molar-refractivity contribution in [1.29, 1.82) is 0 Å². The van der Waals surface area contributed by atoms with Crippen molar-refractivity contribution in [2.45, 2.75) is 6.92 Å². The number of rotatable bonds is 6. The number of benzene rings is 2. The topological polar surface area (TPSA) is 105 Å². The minimum atomic E-state index is -0.502. The molecule has 0 saturated heterocycles. The molecule has 3 rings (SSSR count). The highest BCUT2D eigenvalue weighted by Gasteiger charge is 2.21. The van der Waals surface area contributed by atoms with E-state index < -0.39 is 11.6 Å². The number of hydrogen-bond donors (Lipinski definition) is 3. The zero-order valence-corrected chi connectivity index (χ0v) is 16.0. The van der Waals surface area contributed by atoms with E-state index in [9.17, 15) is 9.59 Å². The number of aryl methyl sites for hydroxylation is 1. The fourth-order valence-electron chi connectivity index (χ4n) is 2.83. The molecule has 0 spiro atoms. The maximum Gasteiger partial charge on any atom is 0.323 e. The van der Waals surface area contributed by atoms with Crippen LogP contribution in [0.15, 0.2) is 41.2 Å². The molecule has 8 nitrogen and oxygen atoms in total. The van der Waals surface area contributed by atoms with E-state index in [0.29, 0.717) is 34.2 Å². The number of imidazole rings is 1. The van der Waals surface area contributed by atoms with Crippen LogP contribution in [0.2, 0.25) is 0 Å². The minimum absolute atomic E-state index is 0.0971. The third-order valence-corrected chi connectivity index (χ3v) is 4.22. The van der Waals surface area contributed by atoms with E-state index in [-0.39, 0.29) is 5.69 Å². The highest BCUT2D eigenvalue weighted by molar-refractivity contribution is 6.06. The summed E-state index contributed by atoms with van der Waals surface area (Å²) < 4.78 is 16.0. The van der Waals surface area contributed by atoms with Gasteiger partial charge in [-0.3, -0.25) is 4.79 Å². The van der Waals surface area contributed by atoms with E-state index >= 15 is 0 Å². The number of carbonyl (C=O) groups excluding carboxylic acids is 1. The van der Waals surface area contributed by atoms with Crippen LogP contribution in [-0.2, 0) is 0 Å². The fourth-order valence-corrected chi connectivity index (χ4v) is 2.83. The number of aromatic amines is 2. The number of anilines is 1. The average molecular weight is 383 g/mol. The zero-order valence-electron chi connectivity index (χ0n) is 16.0. The molecule has 0 bridgehead atoms. The van der Waals surface area contributed by atoms with E-state index in [1.54, 1.807) is 24.3 Å². The Kier molecular flexibility index (Phi) is 5.39. The van der Waals surface area contributed by atoms with Crippen LogP contribution >= 0.6 is 0 Å². The average Bonchev–Trinajstić information content (AvgIpc) is 3.10. The Balaban J connectivity index is 2.03. The molecule has 1 aromatic heterocycles. The summed E-state index contributed by atoms with van der Waals surface area (Å²) in [5.41, 5.74) is 2.13. The van der Waals surface area contributed by atoms with Gasteiger partial charge in [0.25, 0.3) is 5.91 Å². The zero-order chi connectivity index (χ0) is 20.3. The molecule has 146 valence electrons. The molecule has 1 heterocycles. The molecule has 3 N–H and O–H groups in total. The molecule has 0 unspecified atom stereocenters. The molecule has 0 aliphatic heterocycles. The summed E-state index contributed by atoms with van der Waals surface area (Å²) in [6.07, 6.45) is 0. The highest BCUT2D eigenvalue weighted by Crippen LogP contribution is 2.41. The van der Waals surface area contributed by atoms with E-state index in [4.69, 9.17) is 14.2 Å². The van der Waals surface area contributed by atoms with Gasteiger partial charge in [0.2, 0.25) is 5.75 Å². The number of ether oxygens (including phenoxy) is 3. The van der Waals surface area contributed by atoms with Gasteiger partial charge in [0.15, 0.2) is 11.5 Å². The smallest absolute Gasteiger partial charge is 0.323 e. The van der Waals surface area contributed by atoms with Gasteiger partial charge in [0.1, 0.15) is 5.69 Å². The Morgan fingerprint density at radius 3 is 2.07 bits per heavy atom. The van der Waals surface area contributed by atoms with Crippen LogP contribution in [0.4, 0.5) is 5.69 Å². The molecular weight excluding hydrogens is 362 g/mol. The van der Waals surface area contributed by atoms with Crippen LogP contribution in [0.1, 0.15) is 16.1 Å². The van der Waals surface area contributed by atoms with Crippen LogP contribution < -0.4 is 25.2 Å². The van der Waals surface area contributed by atoms with Crippen molar-refractivity contribution < 1.29 is 19.0 Å². The van der Waals surface area contributed by atoms with Gasteiger partial charge in [-0.25, -0.2) is 4.79 Å². The van der Waals surface area contributed by atoms with Gasteiger partial charge in [-0.1, -0.05) is 17.7 Å². The molecule has 0 aliphatic carbocycles. The van der Waals surface area contributed by atoms with Gasteiger partial charge in [-0.2, -0.15) is 0 Å². The van der Waals surface area contributed by atoms with E-state index in [0.717, 1.165) is 5.56 Å². The number of H-pyrrole nitrogens is 2. The number of hydrogen-bond acceptors (Lipinski definition) is 5. The van der Waals surface area contributed by atoms with E-state index in [1.165, 1.54) is 21.3 Å². The molecule has 0 saturated carbocycles. The summed E-state index contributed by atoms with van der Waals surface area (Å²) in [6.45, 7) is 1.96. The number of carbonyl (C=O) groups is 1. The van der Waals surface area contributed by atoms with Gasteiger partial charge in [0, 0.05) is 11.3 Å². The maximum absolute atomic E-state index is 12.8. The Bertz CT molecular complexity index is 1030. The number of nitrogens with one attached hydrogen (secondary N) is 3. The molecular formula is C20H21N3O5. The van der Waals surface area contributed by atoms with Crippen LogP contribution in [-0.4, -0.2) is 37.2 Å². The second-order valence-electron chi connectivity index (χ2n) is 6.06. The largest absolute Gasteiger partial charge is 0.493 e. The van der Waals surface area contributed by atoms with Crippen molar-refractivity contribution in [3.63, 3.8) is 0 Å². The summed E-state index contributed by atoms with van der Waals surface area (Å²) >= 11 is 0. The quantitative estimate of drug-likeness (QED) is 0.607. The molecule has 1 amide bonds. The Morgan fingerprint density at radius 1 is 0.929 bits per heavy atom. The Hall–Kier alpha value is -3.68. The van der Waals surface area contributed by atoms with Crippen molar-refractivity contribution in [2.75, 3.05) is 26.6 Å². The number of amides is 1. The molecule has 0 atom stereocenters. The predicted molar refractivity (Wildman–Crippen MR) is 106 cm³/mol. The molecule has 3 aromatic rings. The van der Waals surface area contributed by atoms with E-state index in [1.807, 2.05) is 19.1 Å². The molecule has 0 aliphatic rings. The summed E-state index contributed by atoms with van der Waals surface area (Å²) in [5.74, 6) is 0.774. The van der Waals surface area contributed by atoms with Crippen LogP contribution in [0.5, 0.6) is 17.2 Å². The van der Waals surface area contributed by atoms with Crippen molar-refractivity contribution >= 4 is 11.6 Å². The highest BCUT2D eigenvalue weighted by atomic mass is 16.5. The first-order valence-corrected chi connectivity index (χ1v) is 8.47. The van der Waals surface area contributed by atoms with Crippen molar-refractivity contribution in [3.05, 3.63) is 58.1 Å². The van der Waals surface area contributed by atoms with Gasteiger partial charge < -0.3 is 29.5 Å². The van der Waals surface area contributed by atoms with Crippen LogP contribution in [0.25, 0.3) is 11.3 Å². The molecule has 0 radical (unpaired) electrons. The summed E-state index contributed by atoms with van der Waals surface area (Å²) in [6, 6.07) is 10.7. The van der Waals surface area contributed by atoms with E-state index in [2.05, 4.69) is 15.3 Å². The summed E-state index contributed by atoms with van der Waals surface area (Å²) in [5, 5.41) is 2.77. The third-order valence-electron chi connectivity index (χ3n) is 4.22. The van der Waals surface area contributed by atoms with Crippen LogP contribution in [0.3, 0.4) is 0 Å². The first-order valence-electron chi connectivity index (χ1n) is 8.47. The summed E-state index contributed by atoms with van der Waals surface area (Å²) in [7, 11) is 4.48. The predicted octanol–water partition coefficient (Wildman–Crippen LogP) is 2.96. The Labute approximate surface area is 161 Å². The molecule has 28 heavy (non-hydrogen) atoms. The monoisotopic (exact) mass is 383 g/mol. The molecule has 8 heteroatoms.